The molecule has 2 heterocycles. The van der Waals surface area contributed by atoms with Gasteiger partial charge in [0.15, 0.2) is 0 Å². The number of ether oxygens (including phenoxy) is 1. The molecule has 134 valence electrons. The number of carbonyl (C=O) groups is 1. The van der Waals surface area contributed by atoms with E-state index in [0.717, 1.165) is 24.1 Å². The van der Waals surface area contributed by atoms with E-state index in [1.807, 2.05) is 30.3 Å². The monoisotopic (exact) mass is 343 g/mol. The van der Waals surface area contributed by atoms with Crippen LogP contribution in [0.15, 0.2) is 36.5 Å². The quantitative estimate of drug-likeness (QED) is 0.838. The zero-order chi connectivity index (χ0) is 17.7. The molecule has 1 fully saturated rings. The number of aromatic amines is 1. The van der Waals surface area contributed by atoms with E-state index >= 15 is 0 Å². The van der Waals surface area contributed by atoms with E-state index < -0.39 is 5.60 Å². The molecule has 1 atom stereocenters. The second-order valence-electron chi connectivity index (χ2n) is 6.59. The van der Waals surface area contributed by atoms with Crippen molar-refractivity contribution in [2.45, 2.75) is 31.8 Å². The number of morpholine rings is 1. The summed E-state index contributed by atoms with van der Waals surface area (Å²) in [6.07, 6.45) is 3.91. The molecule has 0 aliphatic carbocycles. The Hall–Kier alpha value is -2.18. The number of hydrogen-bond acceptors (Lipinski definition) is 4. The Morgan fingerprint density at radius 2 is 2.20 bits per heavy atom. The van der Waals surface area contributed by atoms with Crippen LogP contribution >= 0.6 is 0 Å². The van der Waals surface area contributed by atoms with Gasteiger partial charge in [-0.15, -0.1) is 0 Å². The average molecular weight is 343 g/mol. The van der Waals surface area contributed by atoms with Gasteiger partial charge in [-0.3, -0.25) is 9.89 Å². The third-order valence-electron chi connectivity index (χ3n) is 4.64. The van der Waals surface area contributed by atoms with Gasteiger partial charge in [0.1, 0.15) is 5.60 Å². The number of rotatable bonds is 6. The van der Waals surface area contributed by atoms with Gasteiger partial charge < -0.3 is 14.7 Å². The van der Waals surface area contributed by atoms with Crippen molar-refractivity contribution < 1.29 is 14.6 Å². The smallest absolute Gasteiger partial charge is 0.257 e. The summed E-state index contributed by atoms with van der Waals surface area (Å²) in [5.41, 5.74) is 1.82. The number of aliphatic hydroxyl groups is 1. The van der Waals surface area contributed by atoms with Crippen LogP contribution < -0.4 is 0 Å². The lowest BCUT2D eigenvalue weighted by molar-refractivity contribution is -0.123. The van der Waals surface area contributed by atoms with Gasteiger partial charge in [-0.1, -0.05) is 43.7 Å². The molecule has 1 aliphatic heterocycles. The van der Waals surface area contributed by atoms with Gasteiger partial charge in [0.05, 0.1) is 31.5 Å². The molecular formula is C19H25N3O3. The maximum absolute atomic E-state index is 12.9. The van der Waals surface area contributed by atoms with Crippen LogP contribution in [0.1, 0.15) is 35.0 Å². The van der Waals surface area contributed by atoms with Crippen LogP contribution in [0.3, 0.4) is 0 Å². The Morgan fingerprint density at radius 3 is 2.92 bits per heavy atom. The van der Waals surface area contributed by atoms with Gasteiger partial charge in [-0.05, 0) is 12.0 Å². The summed E-state index contributed by atoms with van der Waals surface area (Å²) < 4.78 is 5.93. The SMILES string of the molecule is CCCc1[nH]ncc1C(=O)N1CCOC(CO)(Cc2ccccc2)C1. The van der Waals surface area contributed by atoms with Gasteiger partial charge in [0, 0.05) is 18.7 Å². The number of amides is 1. The van der Waals surface area contributed by atoms with E-state index in [0.29, 0.717) is 31.7 Å². The largest absolute Gasteiger partial charge is 0.393 e. The summed E-state index contributed by atoms with van der Waals surface area (Å²) in [6.45, 7) is 3.25. The Kier molecular flexibility index (Phi) is 5.50. The molecule has 2 aromatic rings. The highest BCUT2D eigenvalue weighted by atomic mass is 16.5. The summed E-state index contributed by atoms with van der Waals surface area (Å²) in [6, 6.07) is 9.91. The lowest BCUT2D eigenvalue weighted by Crippen LogP contribution is -2.56. The van der Waals surface area contributed by atoms with Crippen LogP contribution in [0.4, 0.5) is 0 Å². The van der Waals surface area contributed by atoms with Gasteiger partial charge in [-0.25, -0.2) is 0 Å². The van der Waals surface area contributed by atoms with Crippen LogP contribution in [0, 0.1) is 0 Å². The van der Waals surface area contributed by atoms with Crippen LogP contribution in [0.2, 0.25) is 0 Å². The third-order valence-corrected chi connectivity index (χ3v) is 4.64. The fourth-order valence-corrected chi connectivity index (χ4v) is 3.35. The highest BCUT2D eigenvalue weighted by molar-refractivity contribution is 5.95. The zero-order valence-electron chi connectivity index (χ0n) is 14.6. The first-order valence-electron chi connectivity index (χ1n) is 8.78. The molecule has 25 heavy (non-hydrogen) atoms. The summed E-state index contributed by atoms with van der Waals surface area (Å²) >= 11 is 0. The summed E-state index contributed by atoms with van der Waals surface area (Å²) in [5.74, 6) is -0.0496. The minimum absolute atomic E-state index is 0.0496. The lowest BCUT2D eigenvalue weighted by Gasteiger charge is -2.42. The van der Waals surface area contributed by atoms with Gasteiger partial charge >= 0.3 is 0 Å². The van der Waals surface area contributed by atoms with Crippen molar-refractivity contribution in [1.82, 2.24) is 15.1 Å². The van der Waals surface area contributed by atoms with E-state index in [9.17, 15) is 9.90 Å². The predicted octanol–water partition coefficient (Wildman–Crippen LogP) is 1.81. The van der Waals surface area contributed by atoms with Crippen LogP contribution in [-0.4, -0.2) is 58.0 Å². The number of H-pyrrole nitrogens is 1. The highest BCUT2D eigenvalue weighted by Gasteiger charge is 2.38. The maximum Gasteiger partial charge on any atom is 0.257 e. The first-order chi connectivity index (χ1) is 12.2. The number of benzene rings is 1. The van der Waals surface area contributed by atoms with Crippen LogP contribution in [-0.2, 0) is 17.6 Å². The van der Waals surface area contributed by atoms with Crippen molar-refractivity contribution in [1.29, 1.82) is 0 Å². The standard InChI is InChI=1S/C19H25N3O3/c1-2-6-17-16(12-20-21-17)18(24)22-9-10-25-19(13-22,14-23)11-15-7-4-3-5-8-15/h3-5,7-8,12,23H,2,6,9-11,13-14H2,1H3,(H,20,21). The maximum atomic E-state index is 12.9. The van der Waals surface area contributed by atoms with Gasteiger partial charge in [0.25, 0.3) is 5.91 Å². The molecule has 0 radical (unpaired) electrons. The van der Waals surface area contributed by atoms with Gasteiger partial charge in [0.2, 0.25) is 0 Å². The molecule has 0 saturated carbocycles. The number of carbonyl (C=O) groups excluding carboxylic acids is 1. The zero-order valence-corrected chi connectivity index (χ0v) is 14.6. The van der Waals surface area contributed by atoms with Crippen molar-refractivity contribution in [3.63, 3.8) is 0 Å². The molecule has 1 amide bonds. The Morgan fingerprint density at radius 1 is 1.40 bits per heavy atom. The van der Waals surface area contributed by atoms with E-state index in [4.69, 9.17) is 4.74 Å². The fourth-order valence-electron chi connectivity index (χ4n) is 3.35. The molecular weight excluding hydrogens is 318 g/mol. The van der Waals surface area contributed by atoms with E-state index in [1.165, 1.54) is 0 Å². The number of aromatic nitrogens is 2. The van der Waals surface area contributed by atoms with Crippen molar-refractivity contribution >= 4 is 5.91 Å². The number of hydrogen-bond donors (Lipinski definition) is 2. The van der Waals surface area contributed by atoms with E-state index in [-0.39, 0.29) is 12.5 Å². The number of nitrogens with one attached hydrogen (secondary N) is 1. The minimum atomic E-state index is -0.760. The molecule has 0 spiro atoms. The average Bonchev–Trinajstić information content (AvgIpc) is 3.11. The minimum Gasteiger partial charge on any atom is -0.393 e. The van der Waals surface area contributed by atoms with Crippen molar-refractivity contribution in [3.05, 3.63) is 53.3 Å². The molecule has 6 nitrogen and oxygen atoms in total. The topological polar surface area (TPSA) is 78.5 Å². The molecule has 0 bridgehead atoms. The van der Waals surface area contributed by atoms with Crippen LogP contribution in [0.5, 0.6) is 0 Å². The second-order valence-corrected chi connectivity index (χ2v) is 6.59. The molecule has 2 N–H and O–H groups in total. The Balaban J connectivity index is 1.77. The normalized spacial score (nSPS) is 20.6. The molecule has 1 saturated heterocycles. The highest BCUT2D eigenvalue weighted by Crippen LogP contribution is 2.24. The molecule has 1 unspecified atom stereocenters. The molecule has 3 rings (SSSR count). The van der Waals surface area contributed by atoms with Crippen molar-refractivity contribution in [2.24, 2.45) is 0 Å². The number of aryl methyl sites for hydroxylation is 1. The van der Waals surface area contributed by atoms with Gasteiger partial charge in [-0.2, -0.15) is 5.10 Å². The predicted molar refractivity (Wildman–Crippen MR) is 94.4 cm³/mol. The van der Waals surface area contributed by atoms with E-state index in [2.05, 4.69) is 17.1 Å². The Bertz CT molecular complexity index is 701. The fraction of sp³-hybridized carbons (Fsp3) is 0.474. The molecule has 1 aromatic heterocycles. The lowest BCUT2D eigenvalue weighted by atomic mass is 9.93. The summed E-state index contributed by atoms with van der Waals surface area (Å²) in [4.78, 5) is 14.7. The Labute approximate surface area is 147 Å². The third kappa shape index (κ3) is 3.91. The number of nitrogens with zero attached hydrogens (tertiary/aromatic N) is 2. The summed E-state index contributed by atoms with van der Waals surface area (Å²) in [5, 5.41) is 16.9. The van der Waals surface area contributed by atoms with Crippen molar-refractivity contribution in [2.75, 3.05) is 26.3 Å². The van der Waals surface area contributed by atoms with E-state index in [1.54, 1.807) is 11.1 Å². The molecule has 6 heteroatoms. The van der Waals surface area contributed by atoms with Crippen LogP contribution in [0.25, 0.3) is 0 Å². The molecule has 1 aromatic carbocycles. The summed E-state index contributed by atoms with van der Waals surface area (Å²) in [7, 11) is 0. The number of aliphatic hydroxyl groups excluding tert-OH is 1. The first-order valence-corrected chi connectivity index (χ1v) is 8.78. The van der Waals surface area contributed by atoms with Crippen molar-refractivity contribution in [3.8, 4) is 0 Å². The second kappa shape index (κ2) is 7.80. The molecule has 1 aliphatic rings. The first kappa shape index (κ1) is 17.6.